The molecule has 1 saturated heterocycles. The number of nitrogens with one attached hydrogen (secondary N) is 1. The van der Waals surface area contributed by atoms with Crippen LogP contribution in [0, 0.1) is 5.41 Å². The van der Waals surface area contributed by atoms with Gasteiger partial charge >= 0.3 is 0 Å². The number of piperidine rings is 1. The molecule has 1 aliphatic heterocycles. The minimum Gasteiger partial charge on any atom is -0.317 e. The summed E-state index contributed by atoms with van der Waals surface area (Å²) < 4.78 is 0. The molecule has 0 saturated carbocycles. The molecule has 1 fully saturated rings. The first-order valence-corrected chi connectivity index (χ1v) is 5.03. The van der Waals surface area contributed by atoms with E-state index in [2.05, 4.69) is 18.8 Å². The number of allylic oxidation sites excluding steroid dienone is 1. The van der Waals surface area contributed by atoms with Crippen molar-refractivity contribution in [2.24, 2.45) is 5.41 Å². The van der Waals surface area contributed by atoms with Gasteiger partial charge in [0.15, 0.2) is 5.78 Å². The fourth-order valence-corrected chi connectivity index (χ4v) is 2.10. The molecule has 0 aromatic heterocycles. The van der Waals surface area contributed by atoms with Crippen LogP contribution in [0.4, 0.5) is 0 Å². The standard InChI is InChI=1S/C11H19NO/c1-4-11(10(13)9(2)3)5-7-12-8-6-11/h12H,2,4-8H2,1,3H3. The maximum atomic E-state index is 11.9. The van der Waals surface area contributed by atoms with Crippen molar-refractivity contribution in [1.82, 2.24) is 5.32 Å². The molecule has 0 spiro atoms. The van der Waals surface area contributed by atoms with E-state index < -0.39 is 0 Å². The van der Waals surface area contributed by atoms with E-state index in [4.69, 9.17) is 0 Å². The van der Waals surface area contributed by atoms with Crippen LogP contribution in [0.5, 0.6) is 0 Å². The third-order valence-electron chi connectivity index (χ3n) is 3.11. The lowest BCUT2D eigenvalue weighted by molar-refractivity contribution is -0.126. The molecule has 0 atom stereocenters. The Bertz CT molecular complexity index is 214. The average Bonchev–Trinajstić information content (AvgIpc) is 2.17. The van der Waals surface area contributed by atoms with Gasteiger partial charge in [-0.25, -0.2) is 0 Å². The van der Waals surface area contributed by atoms with Gasteiger partial charge in [-0.3, -0.25) is 4.79 Å². The lowest BCUT2D eigenvalue weighted by atomic mass is 9.71. The number of ketones is 1. The largest absolute Gasteiger partial charge is 0.317 e. The first-order chi connectivity index (χ1) is 6.12. The van der Waals surface area contributed by atoms with Crippen LogP contribution < -0.4 is 5.32 Å². The van der Waals surface area contributed by atoms with E-state index >= 15 is 0 Å². The Hall–Kier alpha value is -0.630. The molecule has 0 bridgehead atoms. The molecule has 1 N–H and O–H groups in total. The predicted octanol–water partition coefficient (Wildman–Crippen LogP) is 1.91. The van der Waals surface area contributed by atoms with Crippen molar-refractivity contribution in [3.05, 3.63) is 12.2 Å². The van der Waals surface area contributed by atoms with Gasteiger partial charge in [0.05, 0.1) is 0 Å². The van der Waals surface area contributed by atoms with Crippen molar-refractivity contribution in [2.75, 3.05) is 13.1 Å². The summed E-state index contributed by atoms with van der Waals surface area (Å²) in [6.07, 6.45) is 2.88. The molecule has 0 unspecified atom stereocenters. The Morgan fingerprint density at radius 1 is 1.46 bits per heavy atom. The van der Waals surface area contributed by atoms with Gasteiger partial charge in [-0.05, 0) is 44.8 Å². The summed E-state index contributed by atoms with van der Waals surface area (Å²) in [5, 5.41) is 3.29. The fourth-order valence-electron chi connectivity index (χ4n) is 2.10. The predicted molar refractivity (Wildman–Crippen MR) is 54.6 cm³/mol. The second kappa shape index (κ2) is 4.05. The highest BCUT2D eigenvalue weighted by molar-refractivity contribution is 5.98. The maximum absolute atomic E-state index is 11.9. The second-order valence-corrected chi connectivity index (χ2v) is 3.99. The Kier molecular flexibility index (Phi) is 3.26. The van der Waals surface area contributed by atoms with Crippen molar-refractivity contribution in [2.45, 2.75) is 33.1 Å². The molecule has 74 valence electrons. The zero-order valence-electron chi connectivity index (χ0n) is 8.65. The minimum absolute atomic E-state index is 0.100. The summed E-state index contributed by atoms with van der Waals surface area (Å²) >= 11 is 0. The maximum Gasteiger partial charge on any atom is 0.164 e. The normalized spacial score (nSPS) is 21.1. The van der Waals surface area contributed by atoms with Gasteiger partial charge in [0.1, 0.15) is 0 Å². The lowest BCUT2D eigenvalue weighted by Gasteiger charge is -2.35. The number of hydrogen-bond acceptors (Lipinski definition) is 2. The van der Waals surface area contributed by atoms with Crippen LogP contribution in [0.1, 0.15) is 33.1 Å². The molecule has 0 aliphatic carbocycles. The second-order valence-electron chi connectivity index (χ2n) is 3.99. The molecule has 0 radical (unpaired) electrons. The van der Waals surface area contributed by atoms with Gasteiger partial charge in [-0.1, -0.05) is 13.5 Å². The third kappa shape index (κ3) is 1.99. The van der Waals surface area contributed by atoms with Crippen LogP contribution in [-0.2, 0) is 4.79 Å². The fraction of sp³-hybridized carbons (Fsp3) is 0.727. The van der Waals surface area contributed by atoms with Gasteiger partial charge in [-0.15, -0.1) is 0 Å². The first-order valence-electron chi connectivity index (χ1n) is 5.03. The van der Waals surface area contributed by atoms with E-state index in [-0.39, 0.29) is 11.2 Å². The Morgan fingerprint density at radius 3 is 2.38 bits per heavy atom. The summed E-state index contributed by atoms with van der Waals surface area (Å²) in [4.78, 5) is 11.9. The molecule has 1 rings (SSSR count). The Morgan fingerprint density at radius 2 is 2.00 bits per heavy atom. The van der Waals surface area contributed by atoms with Gasteiger partial charge < -0.3 is 5.32 Å². The van der Waals surface area contributed by atoms with E-state index in [1.165, 1.54) is 0 Å². The van der Waals surface area contributed by atoms with Crippen LogP contribution >= 0.6 is 0 Å². The molecule has 0 amide bonds. The number of carbonyl (C=O) groups is 1. The highest BCUT2D eigenvalue weighted by Crippen LogP contribution is 2.35. The number of Topliss-reactive ketones (excluding diaryl/α,β-unsaturated/α-hetero) is 1. The molecule has 0 aromatic carbocycles. The molecule has 2 heteroatoms. The molecule has 0 aromatic rings. The topological polar surface area (TPSA) is 29.1 Å². The minimum atomic E-state index is -0.100. The van der Waals surface area contributed by atoms with Crippen LogP contribution in [0.25, 0.3) is 0 Å². The van der Waals surface area contributed by atoms with E-state index in [1.54, 1.807) is 0 Å². The monoisotopic (exact) mass is 181 g/mol. The SMILES string of the molecule is C=C(C)C(=O)C1(CC)CCNCC1. The summed E-state index contributed by atoms with van der Waals surface area (Å²) in [6.45, 7) is 9.61. The van der Waals surface area contributed by atoms with Crippen LogP contribution in [-0.4, -0.2) is 18.9 Å². The van der Waals surface area contributed by atoms with Gasteiger partial charge in [0.25, 0.3) is 0 Å². The Balaban J connectivity index is 2.78. The number of carbonyl (C=O) groups excluding carboxylic acids is 1. The van der Waals surface area contributed by atoms with E-state index in [0.717, 1.165) is 32.4 Å². The van der Waals surface area contributed by atoms with Crippen LogP contribution in [0.2, 0.25) is 0 Å². The summed E-state index contributed by atoms with van der Waals surface area (Å²) in [6, 6.07) is 0. The van der Waals surface area contributed by atoms with Crippen LogP contribution in [0.3, 0.4) is 0 Å². The quantitative estimate of drug-likeness (QED) is 0.674. The molecule has 2 nitrogen and oxygen atoms in total. The molecule has 1 heterocycles. The van der Waals surface area contributed by atoms with Crippen molar-refractivity contribution < 1.29 is 4.79 Å². The first kappa shape index (κ1) is 10.5. The van der Waals surface area contributed by atoms with E-state index in [0.29, 0.717) is 5.57 Å². The zero-order valence-corrected chi connectivity index (χ0v) is 8.65. The van der Waals surface area contributed by atoms with Gasteiger partial charge in [0.2, 0.25) is 0 Å². The van der Waals surface area contributed by atoms with Gasteiger partial charge in [-0.2, -0.15) is 0 Å². The molecule has 13 heavy (non-hydrogen) atoms. The van der Waals surface area contributed by atoms with Crippen molar-refractivity contribution in [3.8, 4) is 0 Å². The smallest absolute Gasteiger partial charge is 0.164 e. The summed E-state index contributed by atoms with van der Waals surface area (Å²) in [5.74, 6) is 0.275. The molecular weight excluding hydrogens is 162 g/mol. The number of hydrogen-bond donors (Lipinski definition) is 1. The molecule has 1 aliphatic rings. The van der Waals surface area contributed by atoms with Crippen molar-refractivity contribution in [1.29, 1.82) is 0 Å². The van der Waals surface area contributed by atoms with E-state index in [9.17, 15) is 4.79 Å². The zero-order chi connectivity index (χ0) is 9.90. The van der Waals surface area contributed by atoms with E-state index in [1.807, 2.05) is 6.92 Å². The van der Waals surface area contributed by atoms with Crippen molar-refractivity contribution in [3.63, 3.8) is 0 Å². The highest BCUT2D eigenvalue weighted by Gasteiger charge is 2.37. The van der Waals surface area contributed by atoms with Crippen molar-refractivity contribution >= 4 is 5.78 Å². The third-order valence-corrected chi connectivity index (χ3v) is 3.11. The Labute approximate surface area is 80.4 Å². The number of rotatable bonds is 3. The lowest BCUT2D eigenvalue weighted by Crippen LogP contribution is -2.42. The highest BCUT2D eigenvalue weighted by atomic mass is 16.1. The summed E-state index contributed by atoms with van der Waals surface area (Å²) in [5.41, 5.74) is 0.612. The van der Waals surface area contributed by atoms with Gasteiger partial charge in [0, 0.05) is 5.41 Å². The summed E-state index contributed by atoms with van der Waals surface area (Å²) in [7, 11) is 0. The average molecular weight is 181 g/mol. The molecular formula is C11H19NO. The van der Waals surface area contributed by atoms with Crippen LogP contribution in [0.15, 0.2) is 12.2 Å².